The number of fused-ring (bicyclic) bond motifs is 11. The maximum atomic E-state index is 6.65. The van der Waals surface area contributed by atoms with E-state index >= 15 is 0 Å². The first-order valence-electron chi connectivity index (χ1n) is 18.8. The SMILES string of the molecule is c1ccc(-c2cccc3c2oc2cccc(-c4nc(-c5ccc6c(ccc7ccccc76)c5)nc(-c5ccc6ccc7oc8ccccc8c7c6c5)n4)c23)cc1. The second kappa shape index (κ2) is 11.9. The van der Waals surface area contributed by atoms with E-state index < -0.39 is 0 Å². The van der Waals surface area contributed by atoms with E-state index in [9.17, 15) is 0 Å². The molecule has 12 rings (SSSR count). The molecular weight excluding hydrogens is 687 g/mol. The normalized spacial score (nSPS) is 11.9. The third-order valence-corrected chi connectivity index (χ3v) is 11.1. The zero-order valence-corrected chi connectivity index (χ0v) is 29.9. The summed E-state index contributed by atoms with van der Waals surface area (Å²) >= 11 is 0. The molecule has 3 heterocycles. The largest absolute Gasteiger partial charge is 0.456 e. The summed E-state index contributed by atoms with van der Waals surface area (Å²) in [7, 11) is 0. The topological polar surface area (TPSA) is 65.0 Å². The number of nitrogens with zero attached hydrogens (tertiary/aromatic N) is 3. The molecule has 0 amide bonds. The molecule has 0 fully saturated rings. The van der Waals surface area contributed by atoms with Gasteiger partial charge in [0.2, 0.25) is 0 Å². The molecule has 260 valence electrons. The maximum absolute atomic E-state index is 6.65. The van der Waals surface area contributed by atoms with E-state index in [0.29, 0.717) is 17.5 Å². The Labute approximate surface area is 320 Å². The fourth-order valence-corrected chi connectivity index (χ4v) is 8.47. The van der Waals surface area contributed by atoms with Gasteiger partial charge in [-0.1, -0.05) is 146 Å². The van der Waals surface area contributed by atoms with Crippen LogP contribution < -0.4 is 0 Å². The van der Waals surface area contributed by atoms with Crippen LogP contribution in [0.3, 0.4) is 0 Å². The number of rotatable bonds is 4. The van der Waals surface area contributed by atoms with Gasteiger partial charge in [0.25, 0.3) is 0 Å². The minimum atomic E-state index is 0.578. The first-order valence-corrected chi connectivity index (χ1v) is 18.8. The van der Waals surface area contributed by atoms with Crippen LogP contribution in [0, 0.1) is 0 Å². The van der Waals surface area contributed by atoms with Gasteiger partial charge < -0.3 is 8.83 Å². The van der Waals surface area contributed by atoms with Crippen molar-refractivity contribution in [1.82, 2.24) is 15.0 Å². The molecule has 0 saturated heterocycles. The van der Waals surface area contributed by atoms with Crippen LogP contribution in [-0.4, -0.2) is 15.0 Å². The highest BCUT2D eigenvalue weighted by Crippen LogP contribution is 2.41. The quantitative estimate of drug-likeness (QED) is 0.170. The second-order valence-electron chi connectivity index (χ2n) is 14.3. The molecular formula is C51H29N3O2. The Morgan fingerprint density at radius 2 is 0.911 bits per heavy atom. The van der Waals surface area contributed by atoms with Crippen molar-refractivity contribution in [3.8, 4) is 45.3 Å². The molecule has 0 radical (unpaired) electrons. The summed E-state index contributed by atoms with van der Waals surface area (Å²) in [4.78, 5) is 15.7. The molecule has 0 aliphatic rings. The fraction of sp³-hybridized carbons (Fsp3) is 0. The van der Waals surface area contributed by atoms with Crippen molar-refractivity contribution in [2.24, 2.45) is 0 Å². The Morgan fingerprint density at radius 1 is 0.304 bits per heavy atom. The van der Waals surface area contributed by atoms with E-state index in [1.54, 1.807) is 0 Å². The first-order chi connectivity index (χ1) is 27.7. The van der Waals surface area contributed by atoms with Gasteiger partial charge in [0.1, 0.15) is 22.3 Å². The van der Waals surface area contributed by atoms with Gasteiger partial charge in [-0.15, -0.1) is 0 Å². The number of aromatic nitrogens is 3. The summed E-state index contributed by atoms with van der Waals surface area (Å²) in [5.41, 5.74) is 8.16. The van der Waals surface area contributed by atoms with Gasteiger partial charge in [0.15, 0.2) is 17.5 Å². The van der Waals surface area contributed by atoms with Crippen LogP contribution in [0.5, 0.6) is 0 Å². The highest BCUT2D eigenvalue weighted by atomic mass is 16.3. The summed E-state index contributed by atoms with van der Waals surface area (Å²) in [6.45, 7) is 0. The van der Waals surface area contributed by atoms with E-state index in [0.717, 1.165) is 87.9 Å². The average Bonchev–Trinajstić information content (AvgIpc) is 3.85. The van der Waals surface area contributed by atoms with E-state index in [1.165, 1.54) is 16.2 Å². The summed E-state index contributed by atoms with van der Waals surface area (Å²) in [5.74, 6) is 1.76. The van der Waals surface area contributed by atoms with Gasteiger partial charge in [-0.3, -0.25) is 0 Å². The highest BCUT2D eigenvalue weighted by molar-refractivity contribution is 6.19. The van der Waals surface area contributed by atoms with Crippen molar-refractivity contribution >= 4 is 76.2 Å². The first kappa shape index (κ1) is 30.8. The number of para-hydroxylation sites is 2. The predicted molar refractivity (Wildman–Crippen MR) is 229 cm³/mol. The van der Waals surface area contributed by atoms with Crippen LogP contribution in [0.15, 0.2) is 185 Å². The van der Waals surface area contributed by atoms with Crippen molar-refractivity contribution < 1.29 is 8.83 Å². The Morgan fingerprint density at radius 3 is 1.82 bits per heavy atom. The van der Waals surface area contributed by atoms with Gasteiger partial charge in [-0.2, -0.15) is 0 Å². The van der Waals surface area contributed by atoms with E-state index in [2.05, 4.69) is 146 Å². The third-order valence-electron chi connectivity index (χ3n) is 11.1. The van der Waals surface area contributed by atoms with Crippen molar-refractivity contribution in [2.45, 2.75) is 0 Å². The number of hydrogen-bond donors (Lipinski definition) is 0. The lowest BCUT2D eigenvalue weighted by Gasteiger charge is -2.11. The van der Waals surface area contributed by atoms with Crippen LogP contribution in [0.2, 0.25) is 0 Å². The molecule has 12 aromatic rings. The predicted octanol–water partition coefficient (Wildman–Crippen LogP) is 13.8. The van der Waals surface area contributed by atoms with Crippen LogP contribution in [0.25, 0.3) is 121 Å². The molecule has 0 aliphatic heterocycles. The third kappa shape index (κ3) is 4.71. The lowest BCUT2D eigenvalue weighted by molar-refractivity contribution is 0.669. The monoisotopic (exact) mass is 715 g/mol. The average molecular weight is 716 g/mol. The minimum absolute atomic E-state index is 0.578. The standard InChI is InChI=1S/C51H29N3O2/c1-2-10-30(11-3-1)38-15-8-16-40-47-41(17-9-19-44(47)56-48(38)40)51-53-49(34-24-26-37-33(28-34)22-20-31-12-4-5-13-36(31)37)52-50(54-51)35-23-21-32-25-27-45-46(42(32)29-35)39-14-6-7-18-43(39)55-45/h1-29H. The van der Waals surface area contributed by atoms with Crippen molar-refractivity contribution in [3.63, 3.8) is 0 Å². The molecule has 0 spiro atoms. The molecule has 0 unspecified atom stereocenters. The summed E-state index contributed by atoms with van der Waals surface area (Å²) in [5, 5.41) is 11.1. The summed E-state index contributed by atoms with van der Waals surface area (Å²) < 4.78 is 12.9. The molecule has 3 aromatic heterocycles. The van der Waals surface area contributed by atoms with Gasteiger partial charge in [-0.25, -0.2) is 15.0 Å². The molecule has 0 atom stereocenters. The zero-order chi connectivity index (χ0) is 36.7. The Hall–Kier alpha value is -7.63. The molecule has 0 aliphatic carbocycles. The molecule has 56 heavy (non-hydrogen) atoms. The molecule has 0 saturated carbocycles. The van der Waals surface area contributed by atoms with E-state index in [1.807, 2.05) is 30.3 Å². The second-order valence-corrected chi connectivity index (χ2v) is 14.3. The van der Waals surface area contributed by atoms with E-state index in [4.69, 9.17) is 23.8 Å². The minimum Gasteiger partial charge on any atom is -0.456 e. The lowest BCUT2D eigenvalue weighted by Crippen LogP contribution is -2.00. The van der Waals surface area contributed by atoms with Crippen molar-refractivity contribution in [2.75, 3.05) is 0 Å². The Balaban J connectivity index is 1.11. The molecule has 5 heteroatoms. The summed E-state index contributed by atoms with van der Waals surface area (Å²) in [6.07, 6.45) is 0. The van der Waals surface area contributed by atoms with Gasteiger partial charge in [0, 0.05) is 43.8 Å². The zero-order valence-electron chi connectivity index (χ0n) is 29.9. The maximum Gasteiger partial charge on any atom is 0.164 e. The lowest BCUT2D eigenvalue weighted by atomic mass is 9.99. The van der Waals surface area contributed by atoms with Crippen LogP contribution >= 0.6 is 0 Å². The van der Waals surface area contributed by atoms with Crippen LogP contribution in [0.4, 0.5) is 0 Å². The van der Waals surface area contributed by atoms with Gasteiger partial charge in [-0.05, 0) is 68.2 Å². The van der Waals surface area contributed by atoms with Gasteiger partial charge in [0.05, 0.1) is 0 Å². The van der Waals surface area contributed by atoms with Crippen LogP contribution in [0.1, 0.15) is 0 Å². The number of hydrogen-bond acceptors (Lipinski definition) is 5. The number of furan rings is 2. The van der Waals surface area contributed by atoms with E-state index in [-0.39, 0.29) is 0 Å². The van der Waals surface area contributed by atoms with Crippen molar-refractivity contribution in [1.29, 1.82) is 0 Å². The Bertz CT molecular complexity index is 3550. The molecule has 5 nitrogen and oxygen atoms in total. The van der Waals surface area contributed by atoms with Crippen molar-refractivity contribution in [3.05, 3.63) is 176 Å². The van der Waals surface area contributed by atoms with Gasteiger partial charge >= 0.3 is 0 Å². The molecule has 0 bridgehead atoms. The summed E-state index contributed by atoms with van der Waals surface area (Å²) in [6, 6.07) is 61.0. The molecule has 9 aromatic carbocycles. The fourth-order valence-electron chi connectivity index (χ4n) is 8.47. The number of benzene rings is 9. The molecule has 0 N–H and O–H groups in total. The van der Waals surface area contributed by atoms with Crippen LogP contribution in [-0.2, 0) is 0 Å². The smallest absolute Gasteiger partial charge is 0.164 e. The Kier molecular flexibility index (Phi) is 6.56. The highest BCUT2D eigenvalue weighted by Gasteiger charge is 2.20.